The molecule has 116 valence electrons. The molecule has 0 aliphatic rings. The molecule has 0 fully saturated rings. The van der Waals surface area contributed by atoms with Crippen LogP contribution in [0.25, 0.3) is 0 Å². The third kappa shape index (κ3) is 3.88. The number of benzene rings is 1. The fourth-order valence-corrected chi connectivity index (χ4v) is 1.97. The Bertz CT molecular complexity index is 705. The Morgan fingerprint density at radius 2 is 2.00 bits per heavy atom. The Morgan fingerprint density at radius 3 is 2.59 bits per heavy atom. The van der Waals surface area contributed by atoms with Crippen LogP contribution in [-0.2, 0) is 12.7 Å². The van der Waals surface area contributed by atoms with Gasteiger partial charge in [-0.1, -0.05) is 17.7 Å². The van der Waals surface area contributed by atoms with E-state index >= 15 is 0 Å². The lowest BCUT2D eigenvalue weighted by molar-refractivity contribution is -0.137. The molecule has 4 nitrogen and oxygen atoms in total. The summed E-state index contributed by atoms with van der Waals surface area (Å²) in [6.07, 6.45) is -4.46. The highest BCUT2D eigenvalue weighted by atomic mass is 35.5. The number of nitrogens with one attached hydrogen (secondary N) is 1. The third-order valence-corrected chi connectivity index (χ3v) is 3.09. The van der Waals surface area contributed by atoms with Crippen molar-refractivity contribution in [3.05, 3.63) is 58.4 Å². The van der Waals surface area contributed by atoms with E-state index in [9.17, 15) is 18.0 Å². The Hall–Kier alpha value is -2.28. The van der Waals surface area contributed by atoms with Crippen LogP contribution in [0, 0.1) is 0 Å². The molecule has 0 amide bonds. The van der Waals surface area contributed by atoms with E-state index in [1.807, 2.05) is 0 Å². The van der Waals surface area contributed by atoms with Crippen molar-refractivity contribution in [2.75, 3.05) is 5.32 Å². The molecule has 2 aromatic rings. The average molecular weight is 331 g/mol. The van der Waals surface area contributed by atoms with Gasteiger partial charge in [-0.25, -0.2) is 9.78 Å². The van der Waals surface area contributed by atoms with Crippen molar-refractivity contribution >= 4 is 23.3 Å². The van der Waals surface area contributed by atoms with E-state index < -0.39 is 17.7 Å². The van der Waals surface area contributed by atoms with E-state index in [1.165, 1.54) is 18.2 Å². The van der Waals surface area contributed by atoms with Crippen molar-refractivity contribution in [1.82, 2.24) is 4.98 Å². The van der Waals surface area contributed by atoms with Gasteiger partial charge in [0.1, 0.15) is 5.69 Å². The summed E-state index contributed by atoms with van der Waals surface area (Å²) in [4.78, 5) is 14.7. The first-order valence-electron chi connectivity index (χ1n) is 6.07. The van der Waals surface area contributed by atoms with Crippen LogP contribution in [0.15, 0.2) is 36.4 Å². The Balaban J connectivity index is 2.12. The lowest BCUT2D eigenvalue weighted by Gasteiger charge is -2.11. The number of rotatable bonds is 4. The second kappa shape index (κ2) is 6.23. The topological polar surface area (TPSA) is 62.2 Å². The minimum absolute atomic E-state index is 0.0794. The molecule has 8 heteroatoms. The van der Waals surface area contributed by atoms with Crippen molar-refractivity contribution < 1.29 is 23.1 Å². The van der Waals surface area contributed by atoms with Crippen LogP contribution in [0.2, 0.25) is 5.02 Å². The SMILES string of the molecule is O=C(O)c1cccc(CNc2ccc(C(F)(F)F)cc2Cl)n1. The summed E-state index contributed by atoms with van der Waals surface area (Å²) in [5, 5.41) is 11.6. The number of hydrogen-bond acceptors (Lipinski definition) is 3. The van der Waals surface area contributed by atoms with Gasteiger partial charge in [0, 0.05) is 0 Å². The standard InChI is InChI=1S/C14H10ClF3N2O2/c15-10-6-8(14(16,17)18)4-5-11(10)19-7-9-2-1-3-12(20-9)13(21)22/h1-6,19H,7H2,(H,21,22). The first-order valence-corrected chi connectivity index (χ1v) is 6.45. The summed E-state index contributed by atoms with van der Waals surface area (Å²) in [6.45, 7) is 0.131. The highest BCUT2D eigenvalue weighted by molar-refractivity contribution is 6.33. The minimum atomic E-state index is -4.46. The molecule has 22 heavy (non-hydrogen) atoms. The normalized spacial score (nSPS) is 11.3. The zero-order valence-corrected chi connectivity index (χ0v) is 11.7. The first kappa shape index (κ1) is 16.1. The zero-order valence-electron chi connectivity index (χ0n) is 11.0. The van der Waals surface area contributed by atoms with Gasteiger partial charge in [0.05, 0.1) is 28.5 Å². The second-order valence-electron chi connectivity index (χ2n) is 4.37. The molecule has 0 bridgehead atoms. The predicted molar refractivity (Wildman–Crippen MR) is 75.0 cm³/mol. The maximum atomic E-state index is 12.5. The van der Waals surface area contributed by atoms with E-state index in [1.54, 1.807) is 6.07 Å². The molecule has 2 rings (SSSR count). The summed E-state index contributed by atoms with van der Waals surface area (Å²) in [6, 6.07) is 7.42. The van der Waals surface area contributed by atoms with E-state index in [0.717, 1.165) is 12.1 Å². The molecule has 1 aromatic carbocycles. The number of carbonyl (C=O) groups is 1. The van der Waals surface area contributed by atoms with Gasteiger partial charge in [0.2, 0.25) is 0 Å². The van der Waals surface area contributed by atoms with Gasteiger partial charge in [-0.05, 0) is 30.3 Å². The molecule has 0 aliphatic heterocycles. The lowest BCUT2D eigenvalue weighted by atomic mass is 10.2. The number of aromatic nitrogens is 1. The molecule has 2 N–H and O–H groups in total. The smallest absolute Gasteiger partial charge is 0.416 e. The Labute approximate surface area is 128 Å². The molecule has 1 aromatic heterocycles. The van der Waals surface area contributed by atoms with Gasteiger partial charge in [0.15, 0.2) is 0 Å². The van der Waals surface area contributed by atoms with Crippen molar-refractivity contribution in [3.8, 4) is 0 Å². The number of nitrogens with zero attached hydrogens (tertiary/aromatic N) is 1. The quantitative estimate of drug-likeness (QED) is 0.887. The number of carboxylic acids is 1. The third-order valence-electron chi connectivity index (χ3n) is 2.78. The van der Waals surface area contributed by atoms with Gasteiger partial charge >= 0.3 is 12.1 Å². The Morgan fingerprint density at radius 1 is 1.27 bits per heavy atom. The number of aromatic carboxylic acids is 1. The molecule has 0 saturated carbocycles. The maximum Gasteiger partial charge on any atom is 0.416 e. The molecular weight excluding hydrogens is 321 g/mol. The molecule has 0 unspecified atom stereocenters. The number of alkyl halides is 3. The van der Waals surface area contributed by atoms with Crippen LogP contribution in [-0.4, -0.2) is 16.1 Å². The number of hydrogen-bond donors (Lipinski definition) is 2. The lowest BCUT2D eigenvalue weighted by Crippen LogP contribution is -2.08. The van der Waals surface area contributed by atoms with Gasteiger partial charge < -0.3 is 10.4 Å². The largest absolute Gasteiger partial charge is 0.477 e. The summed E-state index contributed by atoms with van der Waals surface area (Å²) in [7, 11) is 0. The summed E-state index contributed by atoms with van der Waals surface area (Å²) >= 11 is 5.81. The number of halogens is 4. The highest BCUT2D eigenvalue weighted by Gasteiger charge is 2.30. The fourth-order valence-electron chi connectivity index (χ4n) is 1.72. The van der Waals surface area contributed by atoms with E-state index in [-0.39, 0.29) is 17.3 Å². The summed E-state index contributed by atoms with van der Waals surface area (Å²) in [5.41, 5.74) is -0.222. The van der Waals surface area contributed by atoms with E-state index in [4.69, 9.17) is 16.7 Å². The summed E-state index contributed by atoms with van der Waals surface area (Å²) in [5.74, 6) is -1.16. The monoisotopic (exact) mass is 330 g/mol. The van der Waals surface area contributed by atoms with Crippen molar-refractivity contribution in [3.63, 3.8) is 0 Å². The number of carboxylic acid groups (broad SMARTS) is 1. The van der Waals surface area contributed by atoms with Crippen LogP contribution in [0.4, 0.5) is 18.9 Å². The molecule has 0 radical (unpaired) electrons. The highest BCUT2D eigenvalue weighted by Crippen LogP contribution is 2.33. The number of anilines is 1. The van der Waals surface area contributed by atoms with Gasteiger partial charge in [-0.2, -0.15) is 13.2 Å². The summed E-state index contributed by atoms with van der Waals surface area (Å²) < 4.78 is 37.6. The zero-order chi connectivity index (χ0) is 16.3. The van der Waals surface area contributed by atoms with Gasteiger partial charge in [-0.15, -0.1) is 0 Å². The molecule has 1 heterocycles. The van der Waals surface area contributed by atoms with Crippen LogP contribution in [0.1, 0.15) is 21.7 Å². The van der Waals surface area contributed by atoms with Crippen LogP contribution >= 0.6 is 11.6 Å². The van der Waals surface area contributed by atoms with E-state index in [2.05, 4.69) is 10.3 Å². The molecule has 0 aliphatic carbocycles. The minimum Gasteiger partial charge on any atom is -0.477 e. The molecule has 0 atom stereocenters. The molecular formula is C14H10ClF3N2O2. The van der Waals surface area contributed by atoms with E-state index in [0.29, 0.717) is 11.4 Å². The predicted octanol–water partition coefficient (Wildman–Crippen LogP) is 4.06. The Kier molecular flexibility index (Phi) is 4.56. The number of pyridine rings is 1. The van der Waals surface area contributed by atoms with Crippen molar-refractivity contribution in [2.24, 2.45) is 0 Å². The average Bonchev–Trinajstić information content (AvgIpc) is 2.45. The van der Waals surface area contributed by atoms with Gasteiger partial charge in [0.25, 0.3) is 0 Å². The van der Waals surface area contributed by atoms with Crippen molar-refractivity contribution in [1.29, 1.82) is 0 Å². The van der Waals surface area contributed by atoms with Gasteiger partial charge in [-0.3, -0.25) is 0 Å². The van der Waals surface area contributed by atoms with Crippen LogP contribution in [0.3, 0.4) is 0 Å². The molecule has 0 spiro atoms. The second-order valence-corrected chi connectivity index (χ2v) is 4.77. The fraction of sp³-hybridized carbons (Fsp3) is 0.143. The van der Waals surface area contributed by atoms with Crippen LogP contribution in [0.5, 0.6) is 0 Å². The maximum absolute atomic E-state index is 12.5. The molecule has 0 saturated heterocycles. The first-order chi connectivity index (χ1) is 10.3. The van der Waals surface area contributed by atoms with Crippen LogP contribution < -0.4 is 5.32 Å². The van der Waals surface area contributed by atoms with Crippen molar-refractivity contribution in [2.45, 2.75) is 12.7 Å².